The van der Waals surface area contributed by atoms with E-state index in [1.165, 1.54) is 28.9 Å². The van der Waals surface area contributed by atoms with E-state index in [9.17, 15) is 27.9 Å². The molecular formula is C25H32F3N3O4. The van der Waals surface area contributed by atoms with Crippen molar-refractivity contribution in [3.8, 4) is 11.3 Å². The van der Waals surface area contributed by atoms with E-state index < -0.39 is 29.7 Å². The number of hydrogen-bond acceptors (Lipinski definition) is 5. The first-order valence-electron chi connectivity index (χ1n) is 11.9. The Morgan fingerprint density at radius 3 is 2.54 bits per heavy atom. The van der Waals surface area contributed by atoms with E-state index in [0.29, 0.717) is 0 Å². The Morgan fingerprint density at radius 1 is 1.23 bits per heavy atom. The van der Waals surface area contributed by atoms with Gasteiger partial charge in [-0.2, -0.15) is 18.3 Å². The van der Waals surface area contributed by atoms with Gasteiger partial charge in [-0.3, -0.25) is 14.3 Å². The van der Waals surface area contributed by atoms with Crippen LogP contribution in [0.3, 0.4) is 0 Å². The molecule has 0 spiro atoms. The predicted octanol–water partition coefficient (Wildman–Crippen LogP) is 4.75. The average Bonchev–Trinajstić information content (AvgIpc) is 3.47. The number of rotatable bonds is 10. The summed E-state index contributed by atoms with van der Waals surface area (Å²) in [5.41, 5.74) is -0.646. The molecular weight excluding hydrogens is 463 g/mol. The number of aliphatic hydroxyl groups excluding tert-OH is 1. The first kappa shape index (κ1) is 26.7. The van der Waals surface area contributed by atoms with Gasteiger partial charge in [-0.1, -0.05) is 44.9 Å². The summed E-state index contributed by atoms with van der Waals surface area (Å²) >= 11 is 0. The minimum atomic E-state index is -4.56. The molecule has 0 unspecified atom stereocenters. The molecule has 1 aromatic carbocycles. The second kappa shape index (κ2) is 11.7. The maximum Gasteiger partial charge on any atom is 0.417 e. The van der Waals surface area contributed by atoms with Gasteiger partial charge in [0.25, 0.3) is 5.91 Å². The minimum Gasteiger partial charge on any atom is -0.465 e. The Balaban J connectivity index is 1.88. The van der Waals surface area contributed by atoms with Crippen molar-refractivity contribution in [1.82, 2.24) is 15.1 Å². The van der Waals surface area contributed by atoms with E-state index in [1.807, 2.05) is 13.8 Å². The highest BCUT2D eigenvalue weighted by Gasteiger charge is 2.35. The number of ether oxygens (including phenoxy) is 1. The van der Waals surface area contributed by atoms with Crippen molar-refractivity contribution in [3.63, 3.8) is 0 Å². The number of halogens is 3. The van der Waals surface area contributed by atoms with E-state index in [2.05, 4.69) is 10.4 Å². The molecule has 1 saturated carbocycles. The molecule has 0 radical (unpaired) electrons. The van der Waals surface area contributed by atoms with E-state index in [-0.39, 0.29) is 55.0 Å². The third-order valence-electron chi connectivity index (χ3n) is 5.95. The molecule has 35 heavy (non-hydrogen) atoms. The van der Waals surface area contributed by atoms with Crippen LogP contribution in [0.4, 0.5) is 13.2 Å². The highest BCUT2D eigenvalue weighted by Crippen LogP contribution is 2.40. The Labute approximate surface area is 202 Å². The summed E-state index contributed by atoms with van der Waals surface area (Å²) in [6.07, 6.45) is -1.18. The highest BCUT2D eigenvalue weighted by atomic mass is 19.4. The number of carbonyl (C=O) groups excluding carboxylic acids is 2. The van der Waals surface area contributed by atoms with Gasteiger partial charge < -0.3 is 15.2 Å². The van der Waals surface area contributed by atoms with Gasteiger partial charge in [-0.25, -0.2) is 0 Å². The lowest BCUT2D eigenvalue weighted by Gasteiger charge is -2.17. The molecule has 1 amide bonds. The third-order valence-corrected chi connectivity index (χ3v) is 5.95. The zero-order valence-electron chi connectivity index (χ0n) is 20.0. The van der Waals surface area contributed by atoms with Gasteiger partial charge in [0, 0.05) is 18.2 Å². The quantitative estimate of drug-likeness (QED) is 0.464. The largest absolute Gasteiger partial charge is 0.465 e. The van der Waals surface area contributed by atoms with E-state index in [4.69, 9.17) is 4.74 Å². The lowest BCUT2D eigenvalue weighted by Crippen LogP contribution is -2.38. The zero-order valence-corrected chi connectivity index (χ0v) is 20.0. The second-order valence-corrected chi connectivity index (χ2v) is 9.30. The Kier molecular flexibility index (Phi) is 8.93. The van der Waals surface area contributed by atoms with Crippen molar-refractivity contribution in [1.29, 1.82) is 0 Å². The number of esters is 1. The van der Waals surface area contributed by atoms with Crippen molar-refractivity contribution in [3.05, 3.63) is 41.6 Å². The Morgan fingerprint density at radius 2 is 1.91 bits per heavy atom. The van der Waals surface area contributed by atoms with Crippen molar-refractivity contribution in [2.75, 3.05) is 13.2 Å². The van der Waals surface area contributed by atoms with Crippen LogP contribution in [0.5, 0.6) is 0 Å². The Hall–Kier alpha value is -2.88. The maximum atomic E-state index is 13.7. The summed E-state index contributed by atoms with van der Waals surface area (Å²) in [6, 6.07) is 5.81. The summed E-state index contributed by atoms with van der Waals surface area (Å²) in [5, 5.41) is 16.5. The van der Waals surface area contributed by atoms with Crippen molar-refractivity contribution in [2.24, 2.45) is 5.92 Å². The Bertz CT molecular complexity index is 1010. The molecule has 1 heterocycles. The molecule has 1 aliphatic carbocycles. The third kappa shape index (κ3) is 7.06. The molecule has 7 nitrogen and oxygen atoms in total. The molecule has 2 aromatic rings. The lowest BCUT2D eigenvalue weighted by molar-refractivity contribution is -0.145. The summed E-state index contributed by atoms with van der Waals surface area (Å²) in [5.74, 6) is -0.973. The van der Waals surface area contributed by atoms with Gasteiger partial charge in [-0.15, -0.1) is 0 Å². The number of nitrogens with zero attached hydrogens (tertiary/aromatic N) is 2. The van der Waals surface area contributed by atoms with E-state index in [1.54, 1.807) is 0 Å². The van der Waals surface area contributed by atoms with Crippen molar-refractivity contribution in [2.45, 2.75) is 70.6 Å². The number of hydrogen-bond donors (Lipinski definition) is 2. The zero-order chi connectivity index (χ0) is 25.6. The van der Waals surface area contributed by atoms with Crippen LogP contribution in [0.1, 0.15) is 74.5 Å². The predicted molar refractivity (Wildman–Crippen MR) is 124 cm³/mol. The van der Waals surface area contributed by atoms with Gasteiger partial charge >= 0.3 is 12.1 Å². The normalized spacial score (nSPS) is 15.4. The number of carbonyl (C=O) groups is 2. The number of nitrogens with one attached hydrogen (secondary N) is 1. The van der Waals surface area contributed by atoms with Crippen LogP contribution in [-0.2, 0) is 15.7 Å². The van der Waals surface area contributed by atoms with Gasteiger partial charge in [0.1, 0.15) is 0 Å². The summed E-state index contributed by atoms with van der Waals surface area (Å²) in [6.45, 7) is 3.78. The molecule has 10 heteroatoms. The second-order valence-electron chi connectivity index (χ2n) is 9.30. The molecule has 3 rings (SSSR count). The molecule has 1 aromatic heterocycles. The number of aliphatic hydroxyl groups is 1. The molecule has 2 N–H and O–H groups in total. The smallest absolute Gasteiger partial charge is 0.417 e. The monoisotopic (exact) mass is 495 g/mol. The highest BCUT2D eigenvalue weighted by molar-refractivity contribution is 5.94. The molecule has 1 aliphatic rings. The van der Waals surface area contributed by atoms with Crippen LogP contribution in [0, 0.1) is 5.92 Å². The molecule has 0 aliphatic heterocycles. The molecule has 1 fully saturated rings. The number of alkyl halides is 3. The van der Waals surface area contributed by atoms with Crippen LogP contribution in [-0.4, -0.2) is 46.0 Å². The fourth-order valence-corrected chi connectivity index (χ4v) is 4.25. The van der Waals surface area contributed by atoms with Crippen molar-refractivity contribution < 1.29 is 32.6 Å². The number of benzene rings is 1. The van der Waals surface area contributed by atoms with E-state index >= 15 is 0 Å². The topological polar surface area (TPSA) is 93.5 Å². The van der Waals surface area contributed by atoms with Gasteiger partial charge in [-0.05, 0) is 37.3 Å². The van der Waals surface area contributed by atoms with Crippen LogP contribution in [0.15, 0.2) is 30.3 Å². The molecule has 192 valence electrons. The first-order valence-corrected chi connectivity index (χ1v) is 11.9. The SMILES string of the molecule is CC(C)COC(=O)C[C@H](CCO)NC(=O)c1cc(-c2ccccc2C(F)(F)F)n(C2CCCC2)n1. The minimum absolute atomic E-state index is 0.0392. The summed E-state index contributed by atoms with van der Waals surface area (Å²) < 4.78 is 47.9. The number of aromatic nitrogens is 2. The van der Waals surface area contributed by atoms with Gasteiger partial charge in [0.05, 0.1) is 30.3 Å². The molecule has 1 atom stereocenters. The lowest BCUT2D eigenvalue weighted by atomic mass is 10.0. The van der Waals surface area contributed by atoms with Crippen LogP contribution >= 0.6 is 0 Å². The standard InChI is InChI=1S/C25H32F3N3O4/c1-16(2)15-35-23(33)13-17(11-12-32)29-24(34)21-14-22(31(30-21)18-7-3-4-8-18)19-9-5-6-10-20(19)25(26,27)28/h5-6,9-10,14,16-18,32H,3-4,7-8,11-13,15H2,1-2H3,(H,29,34)/t17-/m0/s1. The molecule has 0 bridgehead atoms. The van der Waals surface area contributed by atoms with E-state index in [0.717, 1.165) is 31.7 Å². The fraction of sp³-hybridized carbons (Fsp3) is 0.560. The average molecular weight is 496 g/mol. The molecule has 0 saturated heterocycles. The first-order chi connectivity index (χ1) is 16.6. The van der Waals surface area contributed by atoms with Crippen LogP contribution in [0.2, 0.25) is 0 Å². The summed E-state index contributed by atoms with van der Waals surface area (Å²) in [7, 11) is 0. The van der Waals surface area contributed by atoms with Gasteiger partial charge in [0.15, 0.2) is 5.69 Å². The fourth-order valence-electron chi connectivity index (χ4n) is 4.25. The van der Waals surface area contributed by atoms with Crippen LogP contribution in [0.25, 0.3) is 11.3 Å². The summed E-state index contributed by atoms with van der Waals surface area (Å²) in [4.78, 5) is 25.1. The number of amides is 1. The van der Waals surface area contributed by atoms with Crippen LogP contribution < -0.4 is 5.32 Å². The maximum absolute atomic E-state index is 13.7. The van der Waals surface area contributed by atoms with Gasteiger partial charge in [0.2, 0.25) is 0 Å². The van der Waals surface area contributed by atoms with Crippen molar-refractivity contribution >= 4 is 11.9 Å².